The van der Waals surface area contributed by atoms with Crippen LogP contribution in [0.1, 0.15) is 17.1 Å². The number of halogens is 2. The molecule has 2 heterocycles. The van der Waals surface area contributed by atoms with Crippen LogP contribution >= 0.6 is 23.2 Å². The quantitative estimate of drug-likeness (QED) is 0.729. The molecular weight excluding hydrogens is 293 g/mol. The number of hydrogen-bond acceptors (Lipinski definition) is 1. The first-order valence-electron chi connectivity index (χ1n) is 6.26. The van der Waals surface area contributed by atoms with Crippen molar-refractivity contribution in [3.8, 4) is 11.3 Å². The standard InChI is InChI=1S/C15H13Cl2N3/c1-9-15(12-3-2-11(16)7-13(12)17)20-14(19-9)6-10-4-5-18-8-10/h2-5,7-8,18H,6H2,1H3,(H,19,20). The normalized spacial score (nSPS) is 10.9. The summed E-state index contributed by atoms with van der Waals surface area (Å²) in [6.07, 6.45) is 4.63. The minimum absolute atomic E-state index is 0.611. The first kappa shape index (κ1) is 13.3. The molecule has 0 aliphatic rings. The van der Waals surface area contributed by atoms with E-state index in [0.29, 0.717) is 10.0 Å². The number of imidazole rings is 1. The first-order chi connectivity index (χ1) is 9.63. The Morgan fingerprint density at radius 3 is 2.75 bits per heavy atom. The molecule has 3 rings (SSSR count). The number of nitrogens with zero attached hydrogens (tertiary/aromatic N) is 1. The maximum atomic E-state index is 6.24. The van der Waals surface area contributed by atoms with Gasteiger partial charge in [-0.3, -0.25) is 0 Å². The summed E-state index contributed by atoms with van der Waals surface area (Å²) in [5.41, 5.74) is 3.95. The number of aryl methyl sites for hydroxylation is 1. The van der Waals surface area contributed by atoms with Crippen molar-refractivity contribution in [3.05, 3.63) is 63.8 Å². The van der Waals surface area contributed by atoms with Crippen LogP contribution in [0.5, 0.6) is 0 Å². The lowest BCUT2D eigenvalue weighted by Gasteiger charge is -2.02. The predicted octanol–water partition coefficient (Wildman–Crippen LogP) is 4.61. The number of hydrogen-bond donors (Lipinski definition) is 2. The number of benzene rings is 1. The maximum Gasteiger partial charge on any atom is 0.111 e. The van der Waals surface area contributed by atoms with Crippen molar-refractivity contribution in [2.24, 2.45) is 0 Å². The van der Waals surface area contributed by atoms with Crippen LogP contribution in [0.4, 0.5) is 0 Å². The zero-order valence-electron chi connectivity index (χ0n) is 10.9. The highest BCUT2D eigenvalue weighted by molar-refractivity contribution is 6.36. The molecule has 20 heavy (non-hydrogen) atoms. The molecule has 0 aliphatic heterocycles. The SMILES string of the molecule is Cc1[nH]c(Cc2cc[nH]c2)nc1-c1ccc(Cl)cc1Cl. The fourth-order valence-electron chi connectivity index (χ4n) is 2.21. The van der Waals surface area contributed by atoms with Gasteiger partial charge in [-0.05, 0) is 36.8 Å². The molecule has 1 aromatic carbocycles. The van der Waals surface area contributed by atoms with E-state index in [1.165, 1.54) is 5.56 Å². The molecule has 0 atom stereocenters. The van der Waals surface area contributed by atoms with Crippen LogP contribution in [0.25, 0.3) is 11.3 Å². The van der Waals surface area contributed by atoms with Gasteiger partial charge in [0.15, 0.2) is 0 Å². The summed E-state index contributed by atoms with van der Waals surface area (Å²) in [5.74, 6) is 0.920. The van der Waals surface area contributed by atoms with Crippen molar-refractivity contribution >= 4 is 23.2 Å². The van der Waals surface area contributed by atoms with Gasteiger partial charge in [0.1, 0.15) is 5.82 Å². The summed E-state index contributed by atoms with van der Waals surface area (Å²) in [7, 11) is 0. The fourth-order valence-corrected chi connectivity index (χ4v) is 2.71. The van der Waals surface area contributed by atoms with Crippen LogP contribution in [0.3, 0.4) is 0 Å². The van der Waals surface area contributed by atoms with Crippen molar-refractivity contribution in [3.63, 3.8) is 0 Å². The fraction of sp³-hybridized carbons (Fsp3) is 0.133. The van der Waals surface area contributed by atoms with Gasteiger partial charge in [-0.2, -0.15) is 0 Å². The molecule has 0 radical (unpaired) electrons. The predicted molar refractivity (Wildman–Crippen MR) is 82.4 cm³/mol. The molecule has 0 saturated carbocycles. The van der Waals surface area contributed by atoms with Gasteiger partial charge < -0.3 is 9.97 Å². The second kappa shape index (κ2) is 5.35. The summed E-state index contributed by atoms with van der Waals surface area (Å²) in [4.78, 5) is 11.0. The molecule has 2 N–H and O–H groups in total. The maximum absolute atomic E-state index is 6.24. The molecule has 0 amide bonds. The van der Waals surface area contributed by atoms with Gasteiger partial charge in [-0.1, -0.05) is 23.2 Å². The number of aromatic nitrogens is 3. The summed E-state index contributed by atoms with van der Waals surface area (Å²) >= 11 is 12.2. The van der Waals surface area contributed by atoms with E-state index in [1.54, 1.807) is 6.07 Å². The van der Waals surface area contributed by atoms with Crippen molar-refractivity contribution in [2.75, 3.05) is 0 Å². The van der Waals surface area contributed by atoms with Gasteiger partial charge in [-0.15, -0.1) is 0 Å². The first-order valence-corrected chi connectivity index (χ1v) is 7.01. The Morgan fingerprint density at radius 1 is 1.20 bits per heavy atom. The molecule has 3 aromatic rings. The highest BCUT2D eigenvalue weighted by Crippen LogP contribution is 2.31. The monoisotopic (exact) mass is 305 g/mol. The van der Waals surface area contributed by atoms with Crippen LogP contribution in [-0.4, -0.2) is 15.0 Å². The van der Waals surface area contributed by atoms with Crippen LogP contribution < -0.4 is 0 Å². The number of nitrogens with one attached hydrogen (secondary N) is 2. The second-order valence-electron chi connectivity index (χ2n) is 4.68. The molecule has 0 fully saturated rings. The Morgan fingerprint density at radius 2 is 2.05 bits per heavy atom. The second-order valence-corrected chi connectivity index (χ2v) is 5.52. The van der Waals surface area contributed by atoms with Crippen molar-refractivity contribution < 1.29 is 0 Å². The Hall–Kier alpha value is -1.71. The van der Waals surface area contributed by atoms with Gasteiger partial charge in [0, 0.05) is 35.1 Å². The number of rotatable bonds is 3. The van der Waals surface area contributed by atoms with Crippen LogP contribution in [0, 0.1) is 6.92 Å². The molecule has 0 bridgehead atoms. The summed E-state index contributed by atoms with van der Waals surface area (Å²) in [6.45, 7) is 1.99. The average Bonchev–Trinajstić information content (AvgIpc) is 3.00. The lowest BCUT2D eigenvalue weighted by atomic mass is 10.1. The molecule has 0 saturated heterocycles. The van der Waals surface area contributed by atoms with E-state index >= 15 is 0 Å². The largest absolute Gasteiger partial charge is 0.367 e. The summed E-state index contributed by atoms with van der Waals surface area (Å²) < 4.78 is 0. The highest BCUT2D eigenvalue weighted by atomic mass is 35.5. The topological polar surface area (TPSA) is 44.5 Å². The highest BCUT2D eigenvalue weighted by Gasteiger charge is 2.12. The molecule has 0 aliphatic carbocycles. The van der Waals surface area contributed by atoms with E-state index in [2.05, 4.69) is 15.0 Å². The molecule has 0 unspecified atom stereocenters. The van der Waals surface area contributed by atoms with Crippen LogP contribution in [0.2, 0.25) is 10.0 Å². The molecule has 2 aromatic heterocycles. The number of H-pyrrole nitrogens is 2. The summed E-state index contributed by atoms with van der Waals surface area (Å²) in [5, 5.41) is 1.24. The Kier molecular flexibility index (Phi) is 3.55. The van der Waals surface area contributed by atoms with Crippen molar-refractivity contribution in [2.45, 2.75) is 13.3 Å². The van der Waals surface area contributed by atoms with E-state index in [-0.39, 0.29) is 0 Å². The van der Waals surface area contributed by atoms with Gasteiger partial charge in [-0.25, -0.2) is 4.98 Å². The smallest absolute Gasteiger partial charge is 0.111 e. The van der Waals surface area contributed by atoms with Gasteiger partial charge >= 0.3 is 0 Å². The average molecular weight is 306 g/mol. The Bertz CT molecular complexity index is 730. The van der Waals surface area contributed by atoms with Gasteiger partial charge in [0.05, 0.1) is 10.7 Å². The third-order valence-corrected chi connectivity index (χ3v) is 3.70. The molecule has 3 nitrogen and oxygen atoms in total. The van der Waals surface area contributed by atoms with E-state index in [4.69, 9.17) is 23.2 Å². The van der Waals surface area contributed by atoms with E-state index in [1.807, 2.05) is 37.5 Å². The molecule has 0 spiro atoms. The third kappa shape index (κ3) is 2.60. The minimum atomic E-state index is 0.611. The van der Waals surface area contributed by atoms with E-state index < -0.39 is 0 Å². The minimum Gasteiger partial charge on any atom is -0.367 e. The Balaban J connectivity index is 1.96. The van der Waals surface area contributed by atoms with E-state index in [0.717, 1.165) is 29.2 Å². The zero-order valence-corrected chi connectivity index (χ0v) is 12.4. The van der Waals surface area contributed by atoms with E-state index in [9.17, 15) is 0 Å². The number of aromatic amines is 2. The van der Waals surface area contributed by atoms with Crippen molar-refractivity contribution in [1.82, 2.24) is 15.0 Å². The van der Waals surface area contributed by atoms with Crippen molar-refractivity contribution in [1.29, 1.82) is 0 Å². The van der Waals surface area contributed by atoms with Crippen LogP contribution in [-0.2, 0) is 6.42 Å². The van der Waals surface area contributed by atoms with Gasteiger partial charge in [0.2, 0.25) is 0 Å². The molecular formula is C15H13Cl2N3. The third-order valence-electron chi connectivity index (χ3n) is 3.15. The lowest BCUT2D eigenvalue weighted by Crippen LogP contribution is -1.88. The summed E-state index contributed by atoms with van der Waals surface area (Å²) in [6, 6.07) is 7.49. The zero-order chi connectivity index (χ0) is 14.1. The molecule has 102 valence electrons. The molecule has 5 heteroatoms. The lowest BCUT2D eigenvalue weighted by molar-refractivity contribution is 1.02. The van der Waals surface area contributed by atoms with Gasteiger partial charge in [0.25, 0.3) is 0 Å². The van der Waals surface area contributed by atoms with Crippen LogP contribution in [0.15, 0.2) is 36.7 Å². The Labute approximate surface area is 127 Å².